The standard InChI is InChI=1S/C18H18ClN3/c19-18-12-17(7-6-16(18)13-20)22-10-8-21(9-11-22)14-15-4-2-1-3-5-15/h1-7,12H,8-11,14H2. The SMILES string of the molecule is N#Cc1ccc(N2CCN(Cc3ccccc3)CC2)cc1Cl. The van der Waals surface area contributed by atoms with Crippen LogP contribution < -0.4 is 4.90 Å². The van der Waals surface area contributed by atoms with Crippen molar-refractivity contribution >= 4 is 17.3 Å². The predicted octanol–water partition coefficient (Wildman–Crippen LogP) is 3.53. The zero-order chi connectivity index (χ0) is 15.4. The normalized spacial score (nSPS) is 15.5. The zero-order valence-electron chi connectivity index (χ0n) is 12.4. The quantitative estimate of drug-likeness (QED) is 0.868. The second kappa shape index (κ2) is 6.83. The summed E-state index contributed by atoms with van der Waals surface area (Å²) in [6.07, 6.45) is 0. The number of halogens is 1. The molecule has 2 aromatic carbocycles. The summed E-state index contributed by atoms with van der Waals surface area (Å²) in [5.41, 5.74) is 2.99. The summed E-state index contributed by atoms with van der Waals surface area (Å²) >= 11 is 6.13. The Bertz CT molecular complexity index is 670. The lowest BCUT2D eigenvalue weighted by Gasteiger charge is -2.36. The van der Waals surface area contributed by atoms with Crippen LogP contribution in [0.5, 0.6) is 0 Å². The molecule has 1 heterocycles. The monoisotopic (exact) mass is 311 g/mol. The third-order valence-corrected chi connectivity index (χ3v) is 4.37. The third kappa shape index (κ3) is 3.41. The van der Waals surface area contributed by atoms with Crippen LogP contribution in [0, 0.1) is 11.3 Å². The smallest absolute Gasteiger partial charge is 0.101 e. The van der Waals surface area contributed by atoms with Crippen molar-refractivity contribution < 1.29 is 0 Å². The van der Waals surface area contributed by atoms with E-state index in [1.807, 2.05) is 12.1 Å². The number of hydrogen-bond acceptors (Lipinski definition) is 3. The summed E-state index contributed by atoms with van der Waals surface area (Å²) in [5, 5.41) is 9.47. The Hall–Kier alpha value is -2.02. The number of anilines is 1. The van der Waals surface area contributed by atoms with Crippen LogP contribution in [0.15, 0.2) is 48.5 Å². The molecule has 1 aliphatic rings. The minimum absolute atomic E-state index is 0.534. The number of rotatable bonds is 3. The van der Waals surface area contributed by atoms with Crippen LogP contribution in [0.4, 0.5) is 5.69 Å². The van der Waals surface area contributed by atoms with Crippen LogP contribution in [0.25, 0.3) is 0 Å². The van der Waals surface area contributed by atoms with Crippen molar-refractivity contribution in [3.05, 3.63) is 64.7 Å². The zero-order valence-corrected chi connectivity index (χ0v) is 13.1. The first-order valence-electron chi connectivity index (χ1n) is 7.47. The topological polar surface area (TPSA) is 30.3 Å². The fraction of sp³-hybridized carbons (Fsp3) is 0.278. The molecule has 1 saturated heterocycles. The van der Waals surface area contributed by atoms with E-state index < -0.39 is 0 Å². The molecular formula is C18H18ClN3. The minimum atomic E-state index is 0.534. The fourth-order valence-electron chi connectivity index (χ4n) is 2.80. The van der Waals surface area contributed by atoms with E-state index in [0.29, 0.717) is 10.6 Å². The molecule has 0 radical (unpaired) electrons. The lowest BCUT2D eigenvalue weighted by atomic mass is 10.1. The van der Waals surface area contributed by atoms with E-state index >= 15 is 0 Å². The van der Waals surface area contributed by atoms with Crippen molar-refractivity contribution in [1.29, 1.82) is 5.26 Å². The Labute approximate surface area is 136 Å². The summed E-state index contributed by atoms with van der Waals surface area (Å²) < 4.78 is 0. The van der Waals surface area contributed by atoms with E-state index in [0.717, 1.165) is 38.4 Å². The highest BCUT2D eigenvalue weighted by molar-refractivity contribution is 6.32. The average molecular weight is 312 g/mol. The van der Waals surface area contributed by atoms with Crippen LogP contribution in [0.2, 0.25) is 5.02 Å². The van der Waals surface area contributed by atoms with Gasteiger partial charge < -0.3 is 4.90 Å². The summed E-state index contributed by atoms with van der Waals surface area (Å²) in [6, 6.07) is 18.4. The summed E-state index contributed by atoms with van der Waals surface area (Å²) in [5.74, 6) is 0. The van der Waals surface area contributed by atoms with Gasteiger partial charge in [0.25, 0.3) is 0 Å². The van der Waals surface area contributed by atoms with E-state index in [2.05, 4.69) is 46.2 Å². The molecule has 3 nitrogen and oxygen atoms in total. The molecule has 2 aromatic rings. The van der Waals surface area contributed by atoms with Gasteiger partial charge in [-0.1, -0.05) is 41.9 Å². The summed E-state index contributed by atoms with van der Waals surface area (Å²) in [4.78, 5) is 4.80. The van der Waals surface area contributed by atoms with Gasteiger partial charge in [0.05, 0.1) is 10.6 Å². The lowest BCUT2D eigenvalue weighted by molar-refractivity contribution is 0.250. The van der Waals surface area contributed by atoms with Gasteiger partial charge in [-0.2, -0.15) is 5.26 Å². The highest BCUT2D eigenvalue weighted by Crippen LogP contribution is 2.24. The van der Waals surface area contributed by atoms with Gasteiger partial charge in [0.15, 0.2) is 0 Å². The van der Waals surface area contributed by atoms with Crippen molar-refractivity contribution in [2.75, 3.05) is 31.1 Å². The maximum Gasteiger partial charge on any atom is 0.101 e. The van der Waals surface area contributed by atoms with Gasteiger partial charge in [-0.25, -0.2) is 0 Å². The maximum absolute atomic E-state index is 8.94. The molecule has 112 valence electrons. The highest BCUT2D eigenvalue weighted by atomic mass is 35.5. The lowest BCUT2D eigenvalue weighted by Crippen LogP contribution is -2.45. The van der Waals surface area contributed by atoms with E-state index in [1.165, 1.54) is 5.56 Å². The van der Waals surface area contributed by atoms with Gasteiger partial charge in [0, 0.05) is 38.4 Å². The van der Waals surface area contributed by atoms with Crippen LogP contribution in [-0.4, -0.2) is 31.1 Å². The van der Waals surface area contributed by atoms with Crippen LogP contribution in [-0.2, 0) is 6.54 Å². The molecular weight excluding hydrogens is 294 g/mol. The molecule has 0 atom stereocenters. The summed E-state index contributed by atoms with van der Waals surface area (Å²) in [6.45, 7) is 5.03. The van der Waals surface area contributed by atoms with Gasteiger partial charge >= 0.3 is 0 Å². The Morgan fingerprint density at radius 3 is 2.36 bits per heavy atom. The third-order valence-electron chi connectivity index (χ3n) is 4.06. The Balaban J connectivity index is 1.60. The van der Waals surface area contributed by atoms with Crippen molar-refractivity contribution in [3.8, 4) is 6.07 Å². The van der Waals surface area contributed by atoms with E-state index in [4.69, 9.17) is 16.9 Å². The number of benzene rings is 2. The predicted molar refractivity (Wildman–Crippen MR) is 90.1 cm³/mol. The molecule has 4 heteroatoms. The molecule has 0 amide bonds. The van der Waals surface area contributed by atoms with Crippen molar-refractivity contribution in [2.24, 2.45) is 0 Å². The van der Waals surface area contributed by atoms with Crippen LogP contribution >= 0.6 is 11.6 Å². The maximum atomic E-state index is 8.94. The first kappa shape index (κ1) is 14.9. The van der Waals surface area contributed by atoms with Gasteiger partial charge in [-0.3, -0.25) is 4.90 Å². The Kier molecular flexibility index (Phi) is 4.62. The minimum Gasteiger partial charge on any atom is -0.369 e. The summed E-state index contributed by atoms with van der Waals surface area (Å²) in [7, 11) is 0. The molecule has 22 heavy (non-hydrogen) atoms. The second-order valence-electron chi connectivity index (χ2n) is 5.52. The number of hydrogen-bond donors (Lipinski definition) is 0. The average Bonchev–Trinajstić information content (AvgIpc) is 2.56. The fourth-order valence-corrected chi connectivity index (χ4v) is 3.01. The first-order valence-corrected chi connectivity index (χ1v) is 7.85. The van der Waals surface area contributed by atoms with Crippen LogP contribution in [0.1, 0.15) is 11.1 Å². The Morgan fingerprint density at radius 1 is 1.00 bits per heavy atom. The molecule has 0 unspecified atom stereocenters. The molecule has 0 bridgehead atoms. The van der Waals surface area contributed by atoms with Gasteiger partial charge in [0.1, 0.15) is 6.07 Å². The van der Waals surface area contributed by atoms with Crippen molar-refractivity contribution in [1.82, 2.24) is 4.90 Å². The van der Waals surface area contributed by atoms with E-state index in [-0.39, 0.29) is 0 Å². The molecule has 0 aliphatic carbocycles. The van der Waals surface area contributed by atoms with Crippen molar-refractivity contribution in [3.63, 3.8) is 0 Å². The Morgan fingerprint density at radius 2 is 1.73 bits per heavy atom. The highest BCUT2D eigenvalue weighted by Gasteiger charge is 2.17. The van der Waals surface area contributed by atoms with Crippen molar-refractivity contribution in [2.45, 2.75) is 6.54 Å². The largest absolute Gasteiger partial charge is 0.369 e. The van der Waals surface area contributed by atoms with Gasteiger partial charge in [0.2, 0.25) is 0 Å². The molecule has 1 aliphatic heterocycles. The molecule has 0 saturated carbocycles. The number of piperazine rings is 1. The molecule has 1 fully saturated rings. The first-order chi connectivity index (χ1) is 10.8. The van der Waals surface area contributed by atoms with Gasteiger partial charge in [-0.05, 0) is 23.8 Å². The number of nitrogens with zero attached hydrogens (tertiary/aromatic N) is 3. The second-order valence-corrected chi connectivity index (χ2v) is 5.93. The van der Waals surface area contributed by atoms with Gasteiger partial charge in [-0.15, -0.1) is 0 Å². The van der Waals surface area contributed by atoms with Crippen LogP contribution in [0.3, 0.4) is 0 Å². The number of nitriles is 1. The van der Waals surface area contributed by atoms with E-state index in [1.54, 1.807) is 6.07 Å². The molecule has 0 aromatic heterocycles. The molecule has 0 spiro atoms. The molecule has 3 rings (SSSR count). The molecule has 0 N–H and O–H groups in total. The van der Waals surface area contributed by atoms with E-state index in [9.17, 15) is 0 Å².